The molecule has 0 spiro atoms. The number of hydrogen-bond acceptors (Lipinski definition) is 5. The zero-order chi connectivity index (χ0) is 17.5. The van der Waals surface area contributed by atoms with Crippen LogP contribution in [0.4, 0.5) is 4.79 Å². The smallest absolute Gasteiger partial charge is 0.408 e. The van der Waals surface area contributed by atoms with E-state index in [-0.39, 0.29) is 0 Å². The van der Waals surface area contributed by atoms with Crippen LogP contribution in [-0.2, 0) is 15.3 Å². The van der Waals surface area contributed by atoms with Crippen molar-refractivity contribution in [1.82, 2.24) is 5.32 Å². The zero-order valence-corrected chi connectivity index (χ0v) is 14.7. The third kappa shape index (κ3) is 7.78. The number of rotatable bonds is 7. The fourth-order valence-corrected chi connectivity index (χ4v) is 2.69. The second-order valence-electron chi connectivity index (χ2n) is 5.96. The van der Waals surface area contributed by atoms with Gasteiger partial charge < -0.3 is 20.5 Å². The van der Waals surface area contributed by atoms with Crippen LogP contribution in [0.25, 0.3) is 0 Å². The normalized spacial score (nSPS) is 12.3. The van der Waals surface area contributed by atoms with Crippen LogP contribution in [0.2, 0.25) is 0 Å². The molecule has 0 bridgehead atoms. The summed E-state index contributed by atoms with van der Waals surface area (Å²) in [5, 5.41) is 2.50. The number of nitrogens with two attached hydrogens (primary N) is 1. The van der Waals surface area contributed by atoms with Crippen LogP contribution in [0, 0.1) is 0 Å². The predicted molar refractivity (Wildman–Crippen MR) is 91.5 cm³/mol. The van der Waals surface area contributed by atoms with E-state index in [2.05, 4.69) is 5.32 Å². The van der Waals surface area contributed by atoms with Crippen molar-refractivity contribution in [1.29, 1.82) is 0 Å². The molecule has 1 atom stereocenters. The van der Waals surface area contributed by atoms with Gasteiger partial charge in [0.1, 0.15) is 17.4 Å². The van der Waals surface area contributed by atoms with Crippen molar-refractivity contribution in [2.24, 2.45) is 5.73 Å². The molecule has 0 aromatic heterocycles. The molecule has 0 heterocycles. The van der Waals surface area contributed by atoms with E-state index in [0.717, 1.165) is 11.3 Å². The number of benzene rings is 1. The van der Waals surface area contributed by atoms with E-state index in [1.165, 1.54) is 11.8 Å². The molecule has 0 unspecified atom stereocenters. The van der Waals surface area contributed by atoms with Gasteiger partial charge in [0.2, 0.25) is 5.91 Å². The maximum atomic E-state index is 11.7. The molecule has 128 valence electrons. The summed E-state index contributed by atoms with van der Waals surface area (Å²) in [6.45, 7) is 5.26. The fraction of sp³-hybridized carbons (Fsp3) is 0.500. The fourth-order valence-electron chi connectivity index (χ4n) is 1.66. The molecule has 2 amide bonds. The quantitative estimate of drug-likeness (QED) is 0.795. The Kier molecular flexibility index (Phi) is 7.22. The number of thioether (sulfide) groups is 1. The lowest BCUT2D eigenvalue weighted by Gasteiger charge is -2.22. The van der Waals surface area contributed by atoms with Crippen LogP contribution in [0.5, 0.6) is 5.75 Å². The van der Waals surface area contributed by atoms with Crippen molar-refractivity contribution in [2.45, 2.75) is 38.2 Å². The molecule has 3 N–H and O–H groups in total. The van der Waals surface area contributed by atoms with E-state index < -0.39 is 23.6 Å². The molecule has 0 saturated heterocycles. The Morgan fingerprint density at radius 1 is 1.26 bits per heavy atom. The van der Waals surface area contributed by atoms with Crippen molar-refractivity contribution in [3.63, 3.8) is 0 Å². The molecule has 0 fully saturated rings. The van der Waals surface area contributed by atoms with E-state index in [1.54, 1.807) is 27.9 Å². The second-order valence-corrected chi connectivity index (χ2v) is 6.99. The van der Waals surface area contributed by atoms with Crippen molar-refractivity contribution >= 4 is 23.8 Å². The Balaban J connectivity index is 2.46. The summed E-state index contributed by atoms with van der Waals surface area (Å²) in [7, 11) is 1.61. The van der Waals surface area contributed by atoms with Gasteiger partial charge in [0.05, 0.1) is 7.11 Å². The molecule has 23 heavy (non-hydrogen) atoms. The number of carbonyl (C=O) groups is 2. The van der Waals surface area contributed by atoms with Crippen LogP contribution in [-0.4, -0.2) is 36.5 Å². The number of primary amides is 1. The first-order chi connectivity index (χ1) is 10.7. The van der Waals surface area contributed by atoms with Crippen LogP contribution in [0.15, 0.2) is 24.3 Å². The Bertz CT molecular complexity index is 526. The van der Waals surface area contributed by atoms with Crippen molar-refractivity contribution in [3.05, 3.63) is 29.8 Å². The van der Waals surface area contributed by atoms with Crippen molar-refractivity contribution < 1.29 is 19.1 Å². The number of nitrogens with one attached hydrogen (secondary N) is 1. The molecule has 0 radical (unpaired) electrons. The summed E-state index contributed by atoms with van der Waals surface area (Å²) in [5.41, 5.74) is 5.80. The van der Waals surface area contributed by atoms with Gasteiger partial charge in [-0.25, -0.2) is 4.79 Å². The highest BCUT2D eigenvalue weighted by molar-refractivity contribution is 7.98. The Labute approximate surface area is 141 Å². The first kappa shape index (κ1) is 19.2. The summed E-state index contributed by atoms with van der Waals surface area (Å²) in [6, 6.07) is 6.88. The highest BCUT2D eigenvalue weighted by Gasteiger charge is 2.22. The van der Waals surface area contributed by atoms with Gasteiger partial charge in [0.15, 0.2) is 0 Å². The first-order valence-electron chi connectivity index (χ1n) is 7.21. The SMILES string of the molecule is COc1ccc(CSC[C@H](NC(=O)OC(C)(C)C)C(N)=O)cc1. The van der Waals surface area contributed by atoms with E-state index in [0.29, 0.717) is 11.5 Å². The van der Waals surface area contributed by atoms with E-state index in [4.69, 9.17) is 15.2 Å². The molecule has 0 aliphatic carbocycles. The van der Waals surface area contributed by atoms with Gasteiger partial charge in [0, 0.05) is 11.5 Å². The topological polar surface area (TPSA) is 90.7 Å². The molecule has 1 aromatic rings. The van der Waals surface area contributed by atoms with Gasteiger partial charge in [-0.1, -0.05) is 12.1 Å². The average Bonchev–Trinajstić information content (AvgIpc) is 2.44. The average molecular weight is 340 g/mol. The highest BCUT2D eigenvalue weighted by Crippen LogP contribution is 2.17. The standard InChI is InChI=1S/C16H24N2O4S/c1-16(2,3)22-15(20)18-13(14(17)19)10-23-9-11-5-7-12(21-4)8-6-11/h5-8,13H,9-10H2,1-4H3,(H2,17,19)(H,18,20)/t13-/m0/s1. The van der Waals surface area contributed by atoms with E-state index in [1.807, 2.05) is 24.3 Å². The summed E-state index contributed by atoms with van der Waals surface area (Å²) in [5.74, 6) is 1.28. The number of alkyl carbamates (subject to hydrolysis) is 1. The van der Waals surface area contributed by atoms with Crippen LogP contribution < -0.4 is 15.8 Å². The molecule has 0 aliphatic heterocycles. The number of ether oxygens (including phenoxy) is 2. The Morgan fingerprint density at radius 3 is 2.35 bits per heavy atom. The molecule has 7 heteroatoms. The first-order valence-corrected chi connectivity index (χ1v) is 8.36. The van der Waals surface area contributed by atoms with Gasteiger partial charge >= 0.3 is 6.09 Å². The second kappa shape index (κ2) is 8.67. The van der Waals surface area contributed by atoms with Crippen LogP contribution >= 0.6 is 11.8 Å². The molecule has 6 nitrogen and oxygen atoms in total. The zero-order valence-electron chi connectivity index (χ0n) is 13.9. The van der Waals surface area contributed by atoms with Gasteiger partial charge in [-0.3, -0.25) is 4.79 Å². The van der Waals surface area contributed by atoms with Gasteiger partial charge in [0.25, 0.3) is 0 Å². The molecule has 0 saturated carbocycles. The lowest BCUT2D eigenvalue weighted by Crippen LogP contribution is -2.47. The summed E-state index contributed by atoms with van der Waals surface area (Å²) >= 11 is 1.50. The maximum Gasteiger partial charge on any atom is 0.408 e. The van der Waals surface area contributed by atoms with Crippen molar-refractivity contribution in [2.75, 3.05) is 12.9 Å². The maximum absolute atomic E-state index is 11.7. The number of carbonyl (C=O) groups excluding carboxylic acids is 2. The van der Waals surface area contributed by atoms with E-state index >= 15 is 0 Å². The van der Waals surface area contributed by atoms with Gasteiger partial charge in [-0.15, -0.1) is 0 Å². The monoisotopic (exact) mass is 340 g/mol. The number of amides is 2. The summed E-state index contributed by atoms with van der Waals surface area (Å²) < 4.78 is 10.2. The third-order valence-electron chi connectivity index (χ3n) is 2.75. The molecule has 0 aliphatic rings. The lowest BCUT2D eigenvalue weighted by molar-refractivity contribution is -0.119. The summed E-state index contributed by atoms with van der Waals surface area (Å²) in [6.07, 6.45) is -0.647. The Morgan fingerprint density at radius 2 is 1.87 bits per heavy atom. The minimum absolute atomic E-state index is 0.376. The third-order valence-corrected chi connectivity index (χ3v) is 3.85. The largest absolute Gasteiger partial charge is 0.497 e. The highest BCUT2D eigenvalue weighted by atomic mass is 32.2. The van der Waals surface area contributed by atoms with E-state index in [9.17, 15) is 9.59 Å². The molecule has 1 aromatic carbocycles. The lowest BCUT2D eigenvalue weighted by atomic mass is 10.2. The van der Waals surface area contributed by atoms with Crippen LogP contribution in [0.3, 0.4) is 0 Å². The Hall–Kier alpha value is -1.89. The number of methoxy groups -OCH3 is 1. The molecular formula is C16H24N2O4S. The summed E-state index contributed by atoms with van der Waals surface area (Å²) in [4.78, 5) is 23.2. The van der Waals surface area contributed by atoms with Gasteiger partial charge in [-0.2, -0.15) is 11.8 Å². The minimum Gasteiger partial charge on any atom is -0.497 e. The number of hydrogen-bond donors (Lipinski definition) is 2. The predicted octanol–water partition coefficient (Wildman–Crippen LogP) is 2.31. The molecular weight excluding hydrogens is 316 g/mol. The van der Waals surface area contributed by atoms with Gasteiger partial charge in [-0.05, 0) is 38.5 Å². The minimum atomic E-state index is -0.770. The van der Waals surface area contributed by atoms with Crippen molar-refractivity contribution in [3.8, 4) is 5.75 Å². The molecule has 1 rings (SSSR count). The van der Waals surface area contributed by atoms with Crippen LogP contribution in [0.1, 0.15) is 26.3 Å².